The fraction of sp³-hybridized carbons (Fsp3) is 0.688. The van der Waals surface area contributed by atoms with Gasteiger partial charge in [-0.25, -0.2) is 35.8 Å². The number of sulfonamides is 1. The number of aryl methyl sites for hydroxylation is 1. The van der Waals surface area contributed by atoms with E-state index in [1.54, 1.807) is 96.9 Å². The zero-order valence-electron chi connectivity index (χ0n) is 70.4. The topological polar surface area (TPSA) is 488 Å². The van der Waals surface area contributed by atoms with Crippen LogP contribution in [0.4, 0.5) is 9.59 Å². The molecule has 5 rings (SSSR count). The van der Waals surface area contributed by atoms with Gasteiger partial charge in [0, 0.05) is 98.8 Å². The Morgan fingerprint density at radius 3 is 1.68 bits per heavy atom. The third-order valence-corrected chi connectivity index (χ3v) is 24.3. The molecule has 3 aromatic rings. The number of guanidine groups is 1. The number of hydrogen-bond donors (Lipinski definition) is 12. The molecule has 2 unspecified atom stereocenters. The maximum Gasteiger partial charge on any atom is 0.408 e. The average molecular weight is 1640 g/mol. The van der Waals surface area contributed by atoms with Crippen molar-refractivity contribution in [3.8, 4) is 11.5 Å². The first-order valence-corrected chi connectivity index (χ1v) is 42.6. The van der Waals surface area contributed by atoms with Gasteiger partial charge in [-0.15, -0.1) is 5.10 Å². The zero-order chi connectivity index (χ0) is 86.1. The van der Waals surface area contributed by atoms with E-state index in [0.29, 0.717) is 84.4 Å². The van der Waals surface area contributed by atoms with Crippen LogP contribution in [0.25, 0.3) is 0 Å². The van der Waals surface area contributed by atoms with Gasteiger partial charge in [0.1, 0.15) is 51.5 Å². The maximum atomic E-state index is 15.5. The first-order chi connectivity index (χ1) is 52.7. The molecule has 2 aromatic carbocycles. The normalized spacial score (nSPS) is 15.8. The summed E-state index contributed by atoms with van der Waals surface area (Å²) in [6.07, 6.45) is 0.636. The summed E-state index contributed by atoms with van der Waals surface area (Å²) in [6.45, 7) is 35.0. The number of benzene rings is 2. The molecule has 0 bridgehead atoms. The lowest BCUT2D eigenvalue weighted by molar-refractivity contribution is -0.144. The number of carboxylic acid groups (broad SMARTS) is 2. The Hall–Kier alpha value is -8.79. The number of Topliss-reactive ketones (excluding diaryl/α,β-unsaturated/α-hetero) is 3. The number of aromatic nitrogens is 3. The Bertz CT molecular complexity index is 4250. The van der Waals surface area contributed by atoms with Crippen molar-refractivity contribution in [2.45, 2.75) is 311 Å². The van der Waals surface area contributed by atoms with Crippen molar-refractivity contribution < 1.29 is 89.1 Å². The lowest BCUT2D eigenvalue weighted by Gasteiger charge is -2.29. The summed E-state index contributed by atoms with van der Waals surface area (Å²) < 4.78 is 84.3. The molecule has 32 nitrogen and oxygen atoms in total. The summed E-state index contributed by atoms with van der Waals surface area (Å²) >= 11 is 0. The highest BCUT2D eigenvalue weighted by molar-refractivity contribution is 7.92. The molecular weight excluding hydrogens is 1510 g/mol. The standard InChI is InChI=1S/C80H127N13O19S2/c1-21-45(4)55(71(98)90-65(44(2)3)63(96)37-53(72(99)100)28-22-24-32-86-75(103)111-77(11,12)13)39-62(95)59(31-27-33-84-64(82)43-113(105,106)68-48(7)46(5)56-40-79(17,18)109-66(56)50(68)9)88-70(97)52(29-26-34-85-74(83)91-114(107,108)69-49(8)47(6)57-41-80(19,20)110-67(57)51(69)10)36-61(94)60(89-76(104)112-78(14,15)16)38-54-42-87-92-93(54)35-25-23-30-58(81)73(101)102/h42,44-45,52-53,55,58-60,65H,21-41,43,81H2,1-20H3,(H2,82,84)(H,86,103)(H,88,97)(H,89,104)(H,90,98)(H,99,100)(H,101,102)(H3,83,85,91)/t45?,52-,53-,55+,58?,59+,60+,65+/m0/s1. The van der Waals surface area contributed by atoms with Gasteiger partial charge in [-0.05, 0) is 203 Å². The van der Waals surface area contributed by atoms with Crippen LogP contribution >= 0.6 is 0 Å². The number of alkyl carbamates (subject to hydrolysis) is 2. The van der Waals surface area contributed by atoms with E-state index in [0.717, 1.165) is 22.3 Å². The molecule has 0 saturated carbocycles. The van der Waals surface area contributed by atoms with Crippen LogP contribution in [0.5, 0.6) is 11.5 Å². The summed E-state index contributed by atoms with van der Waals surface area (Å²) in [4.78, 5) is 125. The van der Waals surface area contributed by atoms with Gasteiger partial charge in [0.25, 0.3) is 10.0 Å². The van der Waals surface area contributed by atoms with E-state index in [2.05, 4.69) is 46.9 Å². The summed E-state index contributed by atoms with van der Waals surface area (Å²) in [6, 6.07) is -5.22. The number of amides is 4. The molecular formula is C80H127N13O19S2. The summed E-state index contributed by atoms with van der Waals surface area (Å²) in [7, 11) is -8.62. The van der Waals surface area contributed by atoms with Crippen LogP contribution in [-0.4, -0.2) is 179 Å². The highest BCUT2D eigenvalue weighted by atomic mass is 32.2. The smallest absolute Gasteiger partial charge is 0.408 e. The van der Waals surface area contributed by atoms with Crippen molar-refractivity contribution in [2.24, 2.45) is 35.3 Å². The van der Waals surface area contributed by atoms with Gasteiger partial charge in [0.15, 0.2) is 27.2 Å². The van der Waals surface area contributed by atoms with Crippen LogP contribution in [-0.2, 0) is 88.7 Å². The van der Waals surface area contributed by atoms with E-state index in [4.69, 9.17) is 35.5 Å². The number of aliphatic carboxylic acids is 2. The zero-order valence-corrected chi connectivity index (χ0v) is 72.0. The lowest BCUT2D eigenvalue weighted by atomic mass is 9.83. The van der Waals surface area contributed by atoms with E-state index in [-0.39, 0.29) is 86.8 Å². The number of amidine groups is 1. The number of nitrogens with zero attached hydrogens (tertiary/aromatic N) is 3. The molecule has 114 heavy (non-hydrogen) atoms. The van der Waals surface area contributed by atoms with E-state index < -0.39 is 180 Å². The molecule has 2 aliphatic rings. The van der Waals surface area contributed by atoms with Gasteiger partial charge >= 0.3 is 24.1 Å². The van der Waals surface area contributed by atoms with E-state index in [9.17, 15) is 55.8 Å². The predicted octanol–water partition coefficient (Wildman–Crippen LogP) is 8.86. The minimum Gasteiger partial charge on any atom is -0.487 e. The highest BCUT2D eigenvalue weighted by Crippen LogP contribution is 2.46. The SMILES string of the molecule is CCC(C)[C@@H](CC(=O)[C@@H](CCCNC(=N)CS(=O)(=O)c1c(C)c(C)c2c(c1C)OC(C)(C)C2)NC(=O)[C@@H](CCCNC(=N)NS(=O)(=O)c1c(C)c(C)c2c(c1C)OC(C)(C)C2)CC(=O)[C@@H](Cc1cnnn1CCCCC(N)C(=O)O)NC(=O)OC(C)(C)C)C(=O)N[C@@H](C(=O)C[C@H](CCCCNC(=O)OC(C)(C)C)C(=O)O)C(C)C. The molecule has 2 aliphatic heterocycles. The van der Waals surface area contributed by atoms with Crippen LogP contribution < -0.4 is 51.8 Å². The number of ketones is 3. The monoisotopic (exact) mass is 1640 g/mol. The Morgan fingerprint density at radius 2 is 1.12 bits per heavy atom. The molecule has 4 amide bonds. The number of sulfone groups is 1. The van der Waals surface area contributed by atoms with Crippen LogP contribution in [0.15, 0.2) is 16.0 Å². The molecule has 3 heterocycles. The highest BCUT2D eigenvalue weighted by Gasteiger charge is 2.41. The average Bonchev–Trinajstić information content (AvgIpc) is 1.53. The molecule has 8 atom stereocenters. The molecule has 13 N–H and O–H groups in total. The first kappa shape index (κ1) is 95.8. The number of nitrogens with one attached hydrogen (secondary N) is 9. The second-order valence-corrected chi connectivity index (χ2v) is 37.7. The van der Waals surface area contributed by atoms with Crippen molar-refractivity contribution in [3.05, 3.63) is 56.4 Å². The second-order valence-electron chi connectivity index (χ2n) is 34.2. The van der Waals surface area contributed by atoms with Crippen molar-refractivity contribution in [1.82, 2.24) is 51.6 Å². The molecule has 0 radical (unpaired) electrons. The van der Waals surface area contributed by atoms with Crippen LogP contribution in [0.3, 0.4) is 0 Å². The minimum absolute atomic E-state index is 0.0102. The Balaban J connectivity index is 1.51. The van der Waals surface area contributed by atoms with Gasteiger partial charge in [-0.2, -0.15) is 0 Å². The number of nitrogens with two attached hydrogens (primary N) is 1. The van der Waals surface area contributed by atoms with Gasteiger partial charge in [0.05, 0.1) is 45.7 Å². The fourth-order valence-corrected chi connectivity index (χ4v) is 17.7. The van der Waals surface area contributed by atoms with Crippen molar-refractivity contribution in [3.63, 3.8) is 0 Å². The van der Waals surface area contributed by atoms with Gasteiger partial charge in [-0.1, -0.05) is 45.7 Å². The minimum atomic E-state index is -4.43. The quantitative estimate of drug-likeness (QED) is 0.0143. The number of carboxylic acids is 2. The number of carbonyl (C=O) groups excluding carboxylic acids is 7. The molecule has 1 aromatic heterocycles. The number of hydrogen-bond acceptors (Lipinski definition) is 22. The van der Waals surface area contributed by atoms with Crippen molar-refractivity contribution in [2.75, 3.05) is 25.4 Å². The number of fused-ring (bicyclic) bond motifs is 2. The third kappa shape index (κ3) is 28.0. The Kier molecular flexibility index (Phi) is 34.2. The van der Waals surface area contributed by atoms with Crippen molar-refractivity contribution in [1.29, 1.82) is 10.8 Å². The van der Waals surface area contributed by atoms with Crippen LogP contribution in [0.2, 0.25) is 0 Å². The number of ether oxygens (including phenoxy) is 4. The second kappa shape index (κ2) is 40.7. The molecule has 34 heteroatoms. The summed E-state index contributed by atoms with van der Waals surface area (Å²) in [5.41, 5.74) is 8.23. The lowest BCUT2D eigenvalue weighted by Crippen LogP contribution is -2.50. The third-order valence-electron chi connectivity index (χ3n) is 20.8. The molecule has 0 fully saturated rings. The van der Waals surface area contributed by atoms with E-state index >= 15 is 14.4 Å². The van der Waals surface area contributed by atoms with Crippen LogP contribution in [0, 0.1) is 82.0 Å². The number of carbonyl (C=O) groups is 9. The predicted molar refractivity (Wildman–Crippen MR) is 430 cm³/mol. The van der Waals surface area contributed by atoms with Crippen LogP contribution in [0.1, 0.15) is 237 Å². The van der Waals surface area contributed by atoms with E-state index in [1.807, 2.05) is 41.5 Å². The number of rotatable bonds is 44. The Labute approximate surface area is 672 Å². The molecule has 0 aliphatic carbocycles. The fourth-order valence-electron chi connectivity index (χ4n) is 14.4. The Morgan fingerprint density at radius 1 is 0.605 bits per heavy atom. The molecule has 0 saturated heterocycles. The molecule has 638 valence electrons. The van der Waals surface area contributed by atoms with E-state index in [1.165, 1.54) is 10.9 Å². The summed E-state index contributed by atoms with van der Waals surface area (Å²) in [5, 5.41) is 62.3. The molecule has 0 spiro atoms. The maximum absolute atomic E-state index is 15.5. The van der Waals surface area contributed by atoms with Crippen molar-refractivity contribution >= 4 is 84.9 Å². The number of unbranched alkanes of at least 4 members (excludes halogenated alkanes) is 2. The van der Waals surface area contributed by atoms with Gasteiger partial charge in [0.2, 0.25) is 17.8 Å². The summed E-state index contributed by atoms with van der Waals surface area (Å²) in [5.74, 6) is -11.5. The first-order valence-electron chi connectivity index (χ1n) is 39.5. The van der Waals surface area contributed by atoms with Gasteiger partial charge in [-0.3, -0.25) is 44.4 Å². The largest absolute Gasteiger partial charge is 0.487 e. The van der Waals surface area contributed by atoms with Gasteiger partial charge < -0.3 is 66.8 Å².